The monoisotopic (exact) mass is 392 g/mol. The van der Waals surface area contributed by atoms with Gasteiger partial charge in [-0.25, -0.2) is 8.42 Å². The van der Waals surface area contributed by atoms with Crippen LogP contribution in [0.2, 0.25) is 0 Å². The molecule has 1 N–H and O–H groups in total. The van der Waals surface area contributed by atoms with Crippen LogP contribution in [0.1, 0.15) is 56.6 Å². The van der Waals surface area contributed by atoms with Crippen molar-refractivity contribution in [2.45, 2.75) is 58.8 Å². The van der Waals surface area contributed by atoms with Gasteiger partial charge in [0, 0.05) is 19.5 Å². The van der Waals surface area contributed by atoms with Gasteiger partial charge in [0.15, 0.2) is 0 Å². The lowest BCUT2D eigenvalue weighted by molar-refractivity contribution is -0.120. The second-order valence-electron chi connectivity index (χ2n) is 7.26. The number of nitrogens with zero attached hydrogens (tertiary/aromatic N) is 1. The zero-order valence-corrected chi connectivity index (χ0v) is 17.6. The van der Waals surface area contributed by atoms with E-state index in [4.69, 9.17) is 0 Å². The fourth-order valence-corrected chi connectivity index (χ4v) is 4.61. The number of carbonyl (C=O) groups is 1. The molecule has 1 aromatic carbocycles. The summed E-state index contributed by atoms with van der Waals surface area (Å²) in [4.78, 5) is 12.1. The largest absolute Gasteiger partial charge is 0.352 e. The Bertz CT molecular complexity index is 785. The summed E-state index contributed by atoms with van der Waals surface area (Å²) in [6, 6.07) is 5.84. The molecule has 0 atom stereocenters. The molecule has 0 spiro atoms. The maximum absolute atomic E-state index is 12.4. The predicted molar refractivity (Wildman–Crippen MR) is 112 cm³/mol. The molecule has 0 bridgehead atoms. The van der Waals surface area contributed by atoms with E-state index < -0.39 is 10.0 Å². The highest BCUT2D eigenvalue weighted by Gasteiger charge is 2.21. The van der Waals surface area contributed by atoms with Gasteiger partial charge in [-0.15, -0.1) is 0 Å². The normalized spacial score (nSPS) is 14.6. The molecule has 0 aliphatic heterocycles. The van der Waals surface area contributed by atoms with Crippen LogP contribution in [0.5, 0.6) is 0 Å². The maximum Gasteiger partial charge on any atom is 0.232 e. The van der Waals surface area contributed by atoms with Gasteiger partial charge >= 0.3 is 0 Å². The number of amides is 1. The first-order valence-corrected chi connectivity index (χ1v) is 11.7. The fourth-order valence-electron chi connectivity index (χ4n) is 3.55. The highest BCUT2D eigenvalue weighted by Crippen LogP contribution is 2.28. The van der Waals surface area contributed by atoms with E-state index in [1.54, 1.807) is 0 Å². The smallest absolute Gasteiger partial charge is 0.232 e. The summed E-state index contributed by atoms with van der Waals surface area (Å²) >= 11 is 0. The van der Waals surface area contributed by atoms with Crippen molar-refractivity contribution in [1.82, 2.24) is 5.32 Å². The third-order valence-corrected chi connectivity index (χ3v) is 6.18. The second-order valence-corrected chi connectivity index (χ2v) is 9.17. The van der Waals surface area contributed by atoms with Crippen LogP contribution in [-0.2, 0) is 21.2 Å². The van der Waals surface area contributed by atoms with Crippen LogP contribution in [0.4, 0.5) is 5.69 Å². The number of hydrogen-bond donors (Lipinski definition) is 1. The Balaban J connectivity index is 1.96. The van der Waals surface area contributed by atoms with Crippen LogP contribution in [0.15, 0.2) is 29.8 Å². The number of sulfonamides is 1. The molecule has 0 fully saturated rings. The van der Waals surface area contributed by atoms with Gasteiger partial charge in [0.05, 0.1) is 11.9 Å². The Morgan fingerprint density at radius 1 is 1.26 bits per heavy atom. The Kier molecular flexibility index (Phi) is 7.90. The predicted octanol–water partition coefficient (Wildman–Crippen LogP) is 3.72. The van der Waals surface area contributed by atoms with Crippen LogP contribution >= 0.6 is 0 Å². The molecule has 1 amide bonds. The fraction of sp³-hybridized carbons (Fsp3) is 0.571. The van der Waals surface area contributed by atoms with Crippen molar-refractivity contribution >= 4 is 21.6 Å². The summed E-state index contributed by atoms with van der Waals surface area (Å²) in [7, 11) is -3.41. The molecule has 150 valence electrons. The summed E-state index contributed by atoms with van der Waals surface area (Å²) in [5.74, 6) is -0.0181. The van der Waals surface area contributed by atoms with E-state index in [2.05, 4.69) is 11.4 Å². The Hall–Kier alpha value is -1.82. The molecule has 1 aliphatic rings. The molecule has 0 radical (unpaired) electrons. The molecule has 1 aliphatic carbocycles. The van der Waals surface area contributed by atoms with Crippen molar-refractivity contribution in [2.75, 3.05) is 23.7 Å². The Morgan fingerprint density at radius 3 is 2.67 bits per heavy atom. The molecule has 6 heteroatoms. The number of hydrogen-bond acceptors (Lipinski definition) is 3. The van der Waals surface area contributed by atoms with Crippen molar-refractivity contribution in [3.63, 3.8) is 0 Å². The maximum atomic E-state index is 12.4. The number of benzene rings is 1. The topological polar surface area (TPSA) is 66.5 Å². The van der Waals surface area contributed by atoms with E-state index in [9.17, 15) is 13.2 Å². The molecule has 0 saturated heterocycles. The Labute approximate surface area is 163 Å². The quantitative estimate of drug-likeness (QED) is 0.651. The van der Waals surface area contributed by atoms with E-state index in [-0.39, 0.29) is 5.91 Å². The molecular weight excluding hydrogens is 360 g/mol. The van der Waals surface area contributed by atoms with Crippen molar-refractivity contribution in [1.29, 1.82) is 0 Å². The van der Waals surface area contributed by atoms with Crippen molar-refractivity contribution in [3.05, 3.63) is 41.0 Å². The number of para-hydroxylation sites is 1. The van der Waals surface area contributed by atoms with Gasteiger partial charge in [-0.3, -0.25) is 9.10 Å². The standard InChI is InChI=1S/C21H32N2O3S/c1-4-19-13-8-10-17(2)21(19)23(27(3,25)26)15-9-14-20(24)22-16-18-11-6-5-7-12-18/h8,10-11,13H,4-7,9,12,14-16H2,1-3H3,(H,22,24). The SMILES string of the molecule is CCc1cccc(C)c1N(CCCC(=O)NCC1=CCCCC1)S(C)(=O)=O. The van der Waals surface area contributed by atoms with Crippen molar-refractivity contribution in [2.24, 2.45) is 0 Å². The lowest BCUT2D eigenvalue weighted by Crippen LogP contribution is -2.33. The zero-order valence-electron chi connectivity index (χ0n) is 16.8. The van der Waals surface area contributed by atoms with Crippen LogP contribution in [-0.4, -0.2) is 33.7 Å². The molecule has 0 aromatic heterocycles. The van der Waals surface area contributed by atoms with E-state index >= 15 is 0 Å². The van der Waals surface area contributed by atoms with Gasteiger partial charge < -0.3 is 5.32 Å². The molecular formula is C21H32N2O3S. The molecule has 5 nitrogen and oxygen atoms in total. The minimum absolute atomic E-state index is 0.0181. The van der Waals surface area contributed by atoms with Crippen LogP contribution < -0.4 is 9.62 Å². The number of rotatable bonds is 9. The third-order valence-electron chi connectivity index (χ3n) is 5.01. The van der Waals surface area contributed by atoms with Crippen molar-refractivity contribution in [3.8, 4) is 0 Å². The first-order chi connectivity index (χ1) is 12.8. The van der Waals surface area contributed by atoms with E-state index in [0.29, 0.717) is 25.9 Å². The zero-order chi connectivity index (χ0) is 19.9. The number of anilines is 1. The number of carbonyl (C=O) groups excluding carboxylic acids is 1. The number of nitrogens with one attached hydrogen (secondary N) is 1. The second kappa shape index (κ2) is 9.93. The Morgan fingerprint density at radius 2 is 2.04 bits per heavy atom. The highest BCUT2D eigenvalue weighted by molar-refractivity contribution is 7.92. The minimum Gasteiger partial charge on any atom is -0.352 e. The van der Waals surface area contributed by atoms with Gasteiger partial charge in [-0.05, 0) is 56.6 Å². The lowest BCUT2D eigenvalue weighted by atomic mass is 10.00. The average molecular weight is 393 g/mol. The van der Waals surface area contributed by atoms with E-state index in [1.165, 1.54) is 29.0 Å². The van der Waals surface area contributed by atoms with Crippen LogP contribution in [0.25, 0.3) is 0 Å². The first-order valence-electron chi connectivity index (χ1n) is 9.83. The van der Waals surface area contributed by atoms with E-state index in [1.807, 2.05) is 32.0 Å². The molecule has 0 saturated carbocycles. The number of allylic oxidation sites excluding steroid dienone is 1. The first kappa shape index (κ1) is 21.5. The van der Waals surface area contributed by atoms with Crippen LogP contribution in [0, 0.1) is 6.92 Å². The molecule has 0 unspecified atom stereocenters. The summed E-state index contributed by atoms with van der Waals surface area (Å²) in [6.07, 6.45) is 9.63. The van der Waals surface area contributed by atoms with E-state index in [0.717, 1.165) is 36.1 Å². The lowest BCUT2D eigenvalue weighted by Gasteiger charge is -2.26. The molecule has 2 rings (SSSR count). The van der Waals surface area contributed by atoms with Gasteiger partial charge in [-0.2, -0.15) is 0 Å². The molecule has 27 heavy (non-hydrogen) atoms. The van der Waals surface area contributed by atoms with Gasteiger partial charge in [0.25, 0.3) is 0 Å². The van der Waals surface area contributed by atoms with Gasteiger partial charge in [0.1, 0.15) is 0 Å². The van der Waals surface area contributed by atoms with Crippen molar-refractivity contribution < 1.29 is 13.2 Å². The van der Waals surface area contributed by atoms with Gasteiger partial charge in [0.2, 0.25) is 15.9 Å². The molecule has 0 heterocycles. The third kappa shape index (κ3) is 6.38. The molecule has 1 aromatic rings. The van der Waals surface area contributed by atoms with Crippen LogP contribution in [0.3, 0.4) is 0 Å². The minimum atomic E-state index is -3.41. The summed E-state index contributed by atoms with van der Waals surface area (Å²) in [6.45, 7) is 4.88. The number of aryl methyl sites for hydroxylation is 2. The average Bonchev–Trinajstić information content (AvgIpc) is 2.64. The summed E-state index contributed by atoms with van der Waals surface area (Å²) in [5, 5.41) is 2.96. The summed E-state index contributed by atoms with van der Waals surface area (Å²) < 4.78 is 26.2. The van der Waals surface area contributed by atoms with Gasteiger partial charge in [-0.1, -0.05) is 36.8 Å². The highest BCUT2D eigenvalue weighted by atomic mass is 32.2. The summed E-state index contributed by atoms with van der Waals surface area (Å²) in [5.41, 5.74) is 4.01.